The van der Waals surface area contributed by atoms with E-state index in [1.807, 2.05) is 5.51 Å². The first-order chi connectivity index (χ1) is 17.3. The standard InChI is InChI=1S/C22H24N6O5S3/c1-10-3-4-13-14(5-10)36-9-27(13)6-11-7-34-20-16(19(30)28(20)17(11)21(31)32)25-18(29)15(26-33-2)12-8-35-22(23)24-12/h8-10,16,20H,3-7H2,1-2H3,(H3-,23,24,25,29,31,32)/b26-15-/t10?,16-,20+/m1/s1. The number of hydrogen-bond acceptors (Lipinski definition) is 11. The summed E-state index contributed by atoms with van der Waals surface area (Å²) in [6.45, 7) is 2.63. The zero-order chi connectivity index (χ0) is 25.6. The van der Waals surface area contributed by atoms with E-state index in [1.165, 1.54) is 34.3 Å². The summed E-state index contributed by atoms with van der Waals surface area (Å²) in [6, 6.07) is -0.917. The van der Waals surface area contributed by atoms with Gasteiger partial charge in [-0.1, -0.05) is 23.4 Å². The Morgan fingerprint density at radius 2 is 2.22 bits per heavy atom. The summed E-state index contributed by atoms with van der Waals surface area (Å²) < 4.78 is 2.10. The van der Waals surface area contributed by atoms with Crippen LogP contribution in [0.4, 0.5) is 5.13 Å². The van der Waals surface area contributed by atoms with Crippen LogP contribution < -0.4 is 20.7 Å². The average Bonchev–Trinajstić information content (AvgIpc) is 3.45. The summed E-state index contributed by atoms with van der Waals surface area (Å²) in [4.78, 5) is 49.5. The Hall–Kier alpha value is -2.97. The van der Waals surface area contributed by atoms with Crippen LogP contribution in [0.5, 0.6) is 0 Å². The summed E-state index contributed by atoms with van der Waals surface area (Å²) >= 11 is 4.24. The molecule has 190 valence electrons. The van der Waals surface area contributed by atoms with E-state index in [9.17, 15) is 19.5 Å². The molecule has 0 spiro atoms. The number of nitrogens with zero attached hydrogens (tertiary/aromatic N) is 4. The highest BCUT2D eigenvalue weighted by molar-refractivity contribution is 8.00. The average molecular weight is 549 g/mol. The van der Waals surface area contributed by atoms with E-state index in [4.69, 9.17) is 10.6 Å². The van der Waals surface area contributed by atoms with E-state index in [0.29, 0.717) is 23.8 Å². The molecule has 1 unspecified atom stereocenters. The van der Waals surface area contributed by atoms with Crippen LogP contribution in [0, 0.1) is 5.92 Å². The Morgan fingerprint density at radius 1 is 1.42 bits per heavy atom. The maximum atomic E-state index is 13.0. The molecule has 1 aliphatic carbocycles. The molecule has 2 aromatic rings. The Labute approximate surface area is 219 Å². The van der Waals surface area contributed by atoms with Gasteiger partial charge in [-0.15, -0.1) is 23.1 Å². The Bertz CT molecular complexity index is 1300. The van der Waals surface area contributed by atoms with Crippen molar-refractivity contribution < 1.29 is 28.9 Å². The second kappa shape index (κ2) is 9.82. The highest BCUT2D eigenvalue weighted by atomic mass is 32.2. The second-order valence-corrected chi connectivity index (χ2v) is 11.8. The van der Waals surface area contributed by atoms with Gasteiger partial charge in [0.05, 0.1) is 16.5 Å². The molecule has 0 bridgehead atoms. The van der Waals surface area contributed by atoms with Gasteiger partial charge in [0.2, 0.25) is 5.51 Å². The van der Waals surface area contributed by atoms with Gasteiger partial charge < -0.3 is 25.8 Å². The lowest BCUT2D eigenvalue weighted by Crippen LogP contribution is -2.71. The number of amides is 2. The number of aromatic nitrogens is 2. The summed E-state index contributed by atoms with van der Waals surface area (Å²) in [5.74, 6) is -1.54. The lowest BCUT2D eigenvalue weighted by molar-refractivity contribution is -0.692. The van der Waals surface area contributed by atoms with Crippen LogP contribution in [-0.4, -0.2) is 57.7 Å². The lowest BCUT2D eigenvalue weighted by atomic mass is 9.92. The number of β-lactam (4-membered cyclic amide) rings is 1. The molecule has 1 fully saturated rings. The van der Waals surface area contributed by atoms with Crippen molar-refractivity contribution in [1.29, 1.82) is 0 Å². The van der Waals surface area contributed by atoms with Crippen LogP contribution >= 0.6 is 34.4 Å². The highest BCUT2D eigenvalue weighted by Crippen LogP contribution is 2.40. The van der Waals surface area contributed by atoms with E-state index >= 15 is 0 Å². The number of carbonyl (C=O) groups excluding carboxylic acids is 3. The van der Waals surface area contributed by atoms with Crippen molar-refractivity contribution in [2.45, 2.75) is 44.1 Å². The number of nitrogens with one attached hydrogen (secondary N) is 1. The number of anilines is 1. The monoisotopic (exact) mass is 548 g/mol. The summed E-state index contributed by atoms with van der Waals surface area (Å²) in [5.41, 5.74) is 9.54. The number of thiazole rings is 2. The number of carboxylic acid groups (broad SMARTS) is 1. The maximum Gasteiger partial charge on any atom is 0.276 e. The molecular formula is C22H24N6O5S3. The number of carbonyl (C=O) groups is 3. The maximum absolute atomic E-state index is 13.0. The summed E-state index contributed by atoms with van der Waals surface area (Å²) in [5, 5.41) is 19.8. The van der Waals surface area contributed by atoms with Gasteiger partial charge in [0.1, 0.15) is 24.2 Å². The lowest BCUT2D eigenvalue weighted by Gasteiger charge is -2.50. The van der Waals surface area contributed by atoms with E-state index in [2.05, 4.69) is 26.9 Å². The topological polar surface area (TPSA) is 154 Å². The van der Waals surface area contributed by atoms with Crippen LogP contribution in [0.3, 0.4) is 0 Å². The van der Waals surface area contributed by atoms with Gasteiger partial charge in [-0.3, -0.25) is 14.5 Å². The van der Waals surface area contributed by atoms with Crippen molar-refractivity contribution in [2.24, 2.45) is 11.1 Å². The number of rotatable bonds is 7. The van der Waals surface area contributed by atoms with E-state index in [-0.39, 0.29) is 22.2 Å². The molecule has 11 nitrogen and oxygen atoms in total. The first-order valence-electron chi connectivity index (χ1n) is 11.3. The number of nitrogens with two attached hydrogens (primary N) is 1. The largest absolute Gasteiger partial charge is 0.543 e. The molecule has 36 heavy (non-hydrogen) atoms. The van der Waals surface area contributed by atoms with E-state index < -0.39 is 29.2 Å². The van der Waals surface area contributed by atoms with Gasteiger partial charge >= 0.3 is 0 Å². The molecule has 0 radical (unpaired) electrons. The number of thioether (sulfide) groups is 1. The molecule has 0 aromatic carbocycles. The second-order valence-electron chi connectivity index (χ2n) is 8.86. The first kappa shape index (κ1) is 24.7. The Balaban J connectivity index is 1.34. The number of carboxylic acids is 1. The quantitative estimate of drug-likeness (QED) is 0.206. The molecule has 1 saturated heterocycles. The zero-order valence-electron chi connectivity index (χ0n) is 19.6. The molecule has 2 aliphatic heterocycles. The van der Waals surface area contributed by atoms with Gasteiger partial charge in [0.15, 0.2) is 23.1 Å². The van der Waals surface area contributed by atoms with Crippen molar-refractivity contribution in [3.63, 3.8) is 0 Å². The third-order valence-electron chi connectivity index (χ3n) is 6.45. The van der Waals surface area contributed by atoms with Crippen LogP contribution in [0.2, 0.25) is 0 Å². The fourth-order valence-electron chi connectivity index (χ4n) is 4.70. The third-order valence-corrected chi connectivity index (χ3v) is 9.51. The van der Waals surface area contributed by atoms with Gasteiger partial charge in [-0.25, -0.2) is 4.98 Å². The molecular weight excluding hydrogens is 524 g/mol. The van der Waals surface area contributed by atoms with Crippen LogP contribution in [-0.2, 0) is 38.6 Å². The van der Waals surface area contributed by atoms with Crippen molar-refractivity contribution in [2.75, 3.05) is 18.6 Å². The highest BCUT2D eigenvalue weighted by Gasteiger charge is 2.53. The number of aliphatic carboxylic acids is 1. The van der Waals surface area contributed by atoms with Gasteiger partial charge in [0, 0.05) is 23.1 Å². The van der Waals surface area contributed by atoms with Gasteiger partial charge in [-0.2, -0.15) is 4.57 Å². The molecule has 2 amide bonds. The fourth-order valence-corrected chi connectivity index (χ4v) is 7.78. The number of hydrogen-bond donors (Lipinski definition) is 2. The molecule has 3 N–H and O–H groups in total. The molecule has 14 heteroatoms. The number of oxime groups is 1. The normalized spacial score (nSPS) is 23.6. The van der Waals surface area contributed by atoms with Gasteiger partial charge in [0.25, 0.3) is 11.8 Å². The predicted octanol–water partition coefficient (Wildman–Crippen LogP) is -0.346. The zero-order valence-corrected chi connectivity index (χ0v) is 22.0. The van der Waals surface area contributed by atoms with Crippen molar-refractivity contribution >= 4 is 63.1 Å². The first-order valence-corrected chi connectivity index (χ1v) is 14.1. The Morgan fingerprint density at radius 3 is 2.92 bits per heavy atom. The summed E-state index contributed by atoms with van der Waals surface area (Å²) in [6.07, 6.45) is 3.08. The molecule has 3 atom stereocenters. The minimum Gasteiger partial charge on any atom is -0.543 e. The predicted molar refractivity (Wildman–Crippen MR) is 133 cm³/mol. The van der Waals surface area contributed by atoms with Crippen molar-refractivity contribution in [1.82, 2.24) is 15.2 Å². The van der Waals surface area contributed by atoms with Crippen LogP contribution in [0.1, 0.15) is 29.6 Å². The van der Waals surface area contributed by atoms with Crippen molar-refractivity contribution in [3.8, 4) is 0 Å². The van der Waals surface area contributed by atoms with E-state index in [1.54, 1.807) is 16.7 Å². The number of nitrogen functional groups attached to an aromatic ring is 1. The number of fused-ring (bicyclic) bond motifs is 2. The minimum atomic E-state index is -1.40. The van der Waals surface area contributed by atoms with E-state index in [0.717, 1.165) is 30.6 Å². The molecule has 5 rings (SSSR count). The minimum absolute atomic E-state index is 0.107. The third kappa shape index (κ3) is 4.37. The molecule has 2 aromatic heterocycles. The summed E-state index contributed by atoms with van der Waals surface area (Å²) in [7, 11) is 1.29. The van der Waals surface area contributed by atoms with Crippen LogP contribution in [0.15, 0.2) is 27.3 Å². The van der Waals surface area contributed by atoms with Crippen molar-refractivity contribution in [3.05, 3.63) is 38.4 Å². The fraction of sp³-hybridized carbons (Fsp3) is 0.455. The molecule has 3 aliphatic rings. The molecule has 4 heterocycles. The smallest absolute Gasteiger partial charge is 0.276 e. The molecule has 0 saturated carbocycles. The van der Waals surface area contributed by atoms with Gasteiger partial charge in [-0.05, 0) is 18.8 Å². The Kier molecular flexibility index (Phi) is 6.74. The SMILES string of the molecule is CO/N=C(\C(=O)N[C@@H]1C(=O)N2C(C(=O)[O-])=C(C[n+]3csc4c3CCC(C)C4)CS[C@@H]12)c1csc(N)n1. The van der Waals surface area contributed by atoms with Crippen LogP contribution in [0.25, 0.3) is 0 Å².